The number of esters is 1. The van der Waals surface area contributed by atoms with Crippen LogP contribution in [-0.2, 0) is 44.6 Å². The van der Waals surface area contributed by atoms with Gasteiger partial charge in [0.05, 0.1) is 43.0 Å². The second kappa shape index (κ2) is 19.9. The van der Waals surface area contributed by atoms with Crippen molar-refractivity contribution in [2.24, 2.45) is 23.7 Å². The Balaban J connectivity index is 1.44. The Morgan fingerprint density at radius 3 is 2.33 bits per heavy atom. The van der Waals surface area contributed by atoms with E-state index in [2.05, 4.69) is 16.5 Å². The fourth-order valence-electron chi connectivity index (χ4n) is 9.54. The number of carbonyl (C=O) groups is 4. The Labute approximate surface area is 360 Å². The molecule has 3 fully saturated rings. The van der Waals surface area contributed by atoms with Crippen LogP contribution in [0.5, 0.6) is 5.88 Å². The summed E-state index contributed by atoms with van der Waals surface area (Å²) in [4.78, 5) is 69.5. The summed E-state index contributed by atoms with van der Waals surface area (Å²) < 4.78 is 38.4. The second-order valence-corrected chi connectivity index (χ2v) is 17.5. The van der Waals surface area contributed by atoms with Crippen LogP contribution in [0.25, 0.3) is 11.3 Å². The molecule has 2 aromatic rings. The van der Waals surface area contributed by atoms with Gasteiger partial charge in [-0.25, -0.2) is 14.8 Å². The summed E-state index contributed by atoms with van der Waals surface area (Å²) in [5, 5.41) is 11.5. The molecule has 338 valence electrons. The van der Waals surface area contributed by atoms with E-state index in [9.17, 15) is 24.3 Å². The van der Waals surface area contributed by atoms with E-state index < -0.39 is 83.4 Å². The van der Waals surface area contributed by atoms with Crippen LogP contribution >= 0.6 is 0 Å². The van der Waals surface area contributed by atoms with Crippen molar-refractivity contribution in [2.75, 3.05) is 34.9 Å². The van der Waals surface area contributed by atoms with Crippen molar-refractivity contribution in [3.8, 4) is 17.1 Å². The van der Waals surface area contributed by atoms with Crippen molar-refractivity contribution in [1.29, 1.82) is 0 Å². The number of amides is 1. The number of hydrogen-bond donors (Lipinski definition) is 1. The summed E-state index contributed by atoms with van der Waals surface area (Å²) in [6, 6.07) is 2.46. The zero-order valence-electron chi connectivity index (χ0n) is 37.7. The van der Waals surface area contributed by atoms with Gasteiger partial charge in [0.2, 0.25) is 5.88 Å². The standard InChI is InChI=1S/C45H67N5O11/c1-13-34-45(14-2)39(50(43(55)61-45)20-16-15-19-49-24-32(47-25-49)31-17-18-35(56-11)46-23-31)28(5)36(51)26(3)22-44(8,57-12)40(29(6)37(52)30(7)41(54)59-34)60-42-38(53)33(48(9)10)21-27(4)58-42/h14,17-18,23-30,33-34,38-40,42,53H,2,13,15-16,19-22H2,1,3-12H3/t26-,27-,28+,29+,30-,33+,34-,38-,39-,40-,42+,44-,45-/m1/s1. The Morgan fingerprint density at radius 1 is 1.02 bits per heavy atom. The van der Waals surface area contributed by atoms with Crippen molar-refractivity contribution in [2.45, 2.75) is 141 Å². The highest BCUT2D eigenvalue weighted by Crippen LogP contribution is 2.44. The molecule has 0 aromatic carbocycles. The number of imidazole rings is 1. The van der Waals surface area contributed by atoms with Gasteiger partial charge in [0.1, 0.15) is 23.9 Å². The molecule has 0 spiro atoms. The minimum atomic E-state index is -1.61. The molecule has 2 aromatic heterocycles. The van der Waals surface area contributed by atoms with E-state index in [4.69, 9.17) is 28.4 Å². The largest absolute Gasteiger partial charge is 0.481 e. The number of hydrogen-bond acceptors (Lipinski definition) is 14. The molecule has 1 amide bonds. The third-order valence-electron chi connectivity index (χ3n) is 13.1. The van der Waals surface area contributed by atoms with Crippen molar-refractivity contribution < 1.29 is 52.7 Å². The molecule has 0 bridgehead atoms. The van der Waals surface area contributed by atoms with Gasteiger partial charge in [0.15, 0.2) is 17.7 Å². The third kappa shape index (κ3) is 9.88. The van der Waals surface area contributed by atoms with Gasteiger partial charge < -0.3 is 43.0 Å². The molecule has 3 aliphatic heterocycles. The summed E-state index contributed by atoms with van der Waals surface area (Å²) in [6.45, 7) is 17.1. The van der Waals surface area contributed by atoms with Crippen molar-refractivity contribution in [3.05, 3.63) is 43.5 Å². The molecule has 0 aliphatic carbocycles. The van der Waals surface area contributed by atoms with Crippen molar-refractivity contribution in [1.82, 2.24) is 24.3 Å². The Bertz CT molecular complexity index is 1860. The van der Waals surface area contributed by atoms with Gasteiger partial charge in [-0.2, -0.15) is 0 Å². The Hall–Kier alpha value is -4.22. The molecule has 5 rings (SSSR count). The first-order valence-corrected chi connectivity index (χ1v) is 21.5. The summed E-state index contributed by atoms with van der Waals surface area (Å²) in [5.41, 5.74) is -1.30. The number of methoxy groups -OCH3 is 2. The highest BCUT2D eigenvalue weighted by Gasteiger charge is 2.61. The number of Topliss-reactive ketones (excluding diaryl/α,β-unsaturated/α-hetero) is 2. The number of nitrogens with zero attached hydrogens (tertiary/aromatic N) is 5. The van der Waals surface area contributed by atoms with Gasteiger partial charge in [0.25, 0.3) is 0 Å². The number of fused-ring (bicyclic) bond motifs is 1. The van der Waals surface area contributed by atoms with Crippen molar-refractivity contribution >= 4 is 23.6 Å². The van der Waals surface area contributed by atoms with E-state index in [1.54, 1.807) is 65.2 Å². The molecule has 0 radical (unpaired) electrons. The van der Waals surface area contributed by atoms with Crippen LogP contribution in [0.3, 0.4) is 0 Å². The van der Waals surface area contributed by atoms with E-state index in [-0.39, 0.29) is 37.3 Å². The highest BCUT2D eigenvalue weighted by molar-refractivity contribution is 6.00. The van der Waals surface area contributed by atoms with Crippen LogP contribution in [0, 0.1) is 23.7 Å². The maximum atomic E-state index is 14.8. The predicted octanol–water partition coefficient (Wildman–Crippen LogP) is 5.10. The molecule has 0 unspecified atom stereocenters. The summed E-state index contributed by atoms with van der Waals surface area (Å²) in [6.07, 6.45) is 3.65. The highest BCUT2D eigenvalue weighted by atomic mass is 16.7. The quantitative estimate of drug-likeness (QED) is 0.122. The zero-order chi connectivity index (χ0) is 45.0. The average Bonchev–Trinajstić information content (AvgIpc) is 3.84. The van der Waals surface area contributed by atoms with Gasteiger partial charge in [-0.3, -0.25) is 19.3 Å². The van der Waals surface area contributed by atoms with Crippen molar-refractivity contribution in [3.63, 3.8) is 0 Å². The van der Waals surface area contributed by atoms with E-state index >= 15 is 0 Å². The monoisotopic (exact) mass is 853 g/mol. The van der Waals surface area contributed by atoms with Crippen LogP contribution < -0.4 is 4.74 Å². The van der Waals surface area contributed by atoms with Crippen LogP contribution in [0.4, 0.5) is 4.79 Å². The zero-order valence-corrected chi connectivity index (χ0v) is 37.7. The number of aliphatic hydroxyl groups excluding tert-OH is 1. The topological polar surface area (TPSA) is 181 Å². The predicted molar refractivity (Wildman–Crippen MR) is 225 cm³/mol. The van der Waals surface area contributed by atoms with Crippen LogP contribution in [0.2, 0.25) is 0 Å². The molecule has 1 N–H and O–H groups in total. The number of rotatable bonds is 13. The number of pyridine rings is 1. The fraction of sp³-hybridized carbons (Fsp3) is 0.689. The smallest absolute Gasteiger partial charge is 0.411 e. The molecule has 16 heteroatoms. The van der Waals surface area contributed by atoms with E-state index in [1.165, 1.54) is 20.1 Å². The summed E-state index contributed by atoms with van der Waals surface area (Å²) in [7, 11) is 6.78. The molecule has 3 aliphatic rings. The SMILES string of the molecule is C=C[C@]12OC(=O)N(CCCCn3cnc(-c4ccc(OC)nc4)c3)[C@@H]1[C@@H](C)C(=O)[C@H](C)C[C@@](C)(OC)[C@H](O[C@@H]1O[C@H](C)C[C@H](N(C)C)[C@H]1O)[C@@H](C)C(=O)[C@@H](C)C(=O)O[C@@H]2CC. The Kier molecular flexibility index (Phi) is 15.6. The minimum absolute atomic E-state index is 0.0998. The first kappa shape index (κ1) is 47.8. The molecule has 3 saturated heterocycles. The lowest BCUT2D eigenvalue weighted by atomic mass is 9.72. The number of likely N-dealkylation sites (N-methyl/N-ethyl adjacent to an activating group) is 1. The first-order valence-electron chi connectivity index (χ1n) is 21.5. The Morgan fingerprint density at radius 2 is 1.72 bits per heavy atom. The lowest BCUT2D eigenvalue weighted by molar-refractivity contribution is -0.295. The van der Waals surface area contributed by atoms with Crippen LogP contribution in [-0.4, -0.2) is 142 Å². The molecule has 0 saturated carbocycles. The van der Waals surface area contributed by atoms with E-state index in [1.807, 2.05) is 42.7 Å². The first-order chi connectivity index (χ1) is 28.9. The minimum Gasteiger partial charge on any atom is -0.481 e. The fourth-order valence-corrected chi connectivity index (χ4v) is 9.54. The van der Waals surface area contributed by atoms with Gasteiger partial charge in [-0.1, -0.05) is 34.3 Å². The van der Waals surface area contributed by atoms with Gasteiger partial charge in [0, 0.05) is 68.0 Å². The molecular formula is C45H67N5O11. The lowest BCUT2D eigenvalue weighted by Crippen LogP contribution is -2.60. The van der Waals surface area contributed by atoms with Gasteiger partial charge in [-0.05, 0) is 79.1 Å². The molecule has 5 heterocycles. The number of ether oxygens (including phenoxy) is 6. The number of unbranched alkanes of at least 4 members (excludes halogenated alkanes) is 1. The second-order valence-electron chi connectivity index (χ2n) is 17.5. The molecular weight excluding hydrogens is 787 g/mol. The molecule has 13 atom stereocenters. The maximum absolute atomic E-state index is 14.8. The molecule has 61 heavy (non-hydrogen) atoms. The van der Waals surface area contributed by atoms with E-state index in [0.29, 0.717) is 31.7 Å². The molecule has 16 nitrogen and oxygen atoms in total. The number of cyclic esters (lactones) is 1. The average molecular weight is 854 g/mol. The maximum Gasteiger partial charge on any atom is 0.411 e. The summed E-state index contributed by atoms with van der Waals surface area (Å²) in [5.74, 6) is -4.74. The number of aliphatic hydroxyl groups is 1. The normalized spacial score (nSPS) is 35.4. The van der Waals surface area contributed by atoms with Gasteiger partial charge in [-0.15, -0.1) is 0 Å². The van der Waals surface area contributed by atoms with Crippen LogP contribution in [0.1, 0.15) is 80.6 Å². The third-order valence-corrected chi connectivity index (χ3v) is 13.1. The summed E-state index contributed by atoms with van der Waals surface area (Å²) >= 11 is 0. The number of ketones is 2. The lowest BCUT2D eigenvalue weighted by Gasteiger charge is -2.47. The van der Waals surface area contributed by atoms with Crippen LogP contribution in [0.15, 0.2) is 43.5 Å². The number of aryl methyl sites for hydroxylation is 1. The number of carbonyl (C=O) groups excluding carboxylic acids is 4. The number of aromatic nitrogens is 3. The van der Waals surface area contributed by atoms with Gasteiger partial charge >= 0.3 is 12.1 Å². The van der Waals surface area contributed by atoms with E-state index in [0.717, 1.165) is 11.3 Å².